The molecule has 0 bridgehead atoms. The van der Waals surface area contributed by atoms with Crippen LogP contribution in [-0.2, 0) is 0 Å². The lowest BCUT2D eigenvalue weighted by Gasteiger charge is -2.15. The number of hydrogen-bond donors (Lipinski definition) is 0. The number of halogens is 1. The smallest absolute Gasteiger partial charge is 0.316 e. The van der Waals surface area contributed by atoms with E-state index >= 15 is 0 Å². The van der Waals surface area contributed by atoms with Crippen LogP contribution >= 0.6 is 11.6 Å². The van der Waals surface area contributed by atoms with Crippen LogP contribution in [0.5, 0.6) is 0 Å². The third-order valence-electron chi connectivity index (χ3n) is 1.54. The van der Waals surface area contributed by atoms with Crippen LogP contribution in [0.2, 0.25) is 0 Å². The quantitative estimate of drug-likeness (QED) is 0.351. The molecule has 0 aromatic heterocycles. The van der Waals surface area contributed by atoms with Crippen molar-refractivity contribution >= 4 is 17.0 Å². The van der Waals surface area contributed by atoms with Gasteiger partial charge in [0, 0.05) is 12.6 Å². The molecule has 1 rings (SSSR count). The standard InChI is InChI=1S/C7H10ClNO/c1-2-5-9(7(8)10)6-3-4-6/h2,6H,1,3-5H2. The predicted octanol–water partition coefficient (Wildman–Crippen LogP) is 2.00. The van der Waals surface area contributed by atoms with Gasteiger partial charge < -0.3 is 4.90 Å². The second-order valence-corrected chi connectivity index (χ2v) is 2.75. The lowest BCUT2D eigenvalue weighted by Crippen LogP contribution is -2.28. The van der Waals surface area contributed by atoms with Crippen molar-refractivity contribution < 1.29 is 4.79 Å². The van der Waals surface area contributed by atoms with E-state index in [9.17, 15) is 4.79 Å². The van der Waals surface area contributed by atoms with Gasteiger partial charge in [0.15, 0.2) is 0 Å². The van der Waals surface area contributed by atoms with E-state index in [1.165, 1.54) is 0 Å². The second kappa shape index (κ2) is 3.06. The van der Waals surface area contributed by atoms with Crippen molar-refractivity contribution in [1.82, 2.24) is 4.90 Å². The Morgan fingerprint density at radius 1 is 1.80 bits per heavy atom. The van der Waals surface area contributed by atoms with Gasteiger partial charge in [0.05, 0.1) is 0 Å². The minimum Gasteiger partial charge on any atom is -0.323 e. The number of hydrogen-bond acceptors (Lipinski definition) is 1. The molecular formula is C7H10ClNO. The molecule has 56 valence electrons. The Balaban J connectivity index is 2.41. The maximum atomic E-state index is 10.7. The third-order valence-corrected chi connectivity index (χ3v) is 1.76. The summed E-state index contributed by atoms with van der Waals surface area (Å²) in [6, 6.07) is 0.392. The molecule has 1 aliphatic carbocycles. The molecule has 1 fully saturated rings. The van der Waals surface area contributed by atoms with Crippen molar-refractivity contribution in [2.75, 3.05) is 6.54 Å². The molecular weight excluding hydrogens is 150 g/mol. The van der Waals surface area contributed by atoms with Crippen molar-refractivity contribution in [3.05, 3.63) is 12.7 Å². The van der Waals surface area contributed by atoms with Crippen LogP contribution in [-0.4, -0.2) is 22.9 Å². The molecule has 0 aromatic rings. The predicted molar refractivity (Wildman–Crippen MR) is 41.2 cm³/mol. The Hall–Kier alpha value is -0.500. The molecule has 0 N–H and O–H groups in total. The van der Waals surface area contributed by atoms with Crippen LogP contribution in [0.25, 0.3) is 0 Å². The first-order valence-corrected chi connectivity index (χ1v) is 3.70. The molecule has 0 aromatic carbocycles. The van der Waals surface area contributed by atoms with Gasteiger partial charge in [0.2, 0.25) is 0 Å². The lowest BCUT2D eigenvalue weighted by atomic mass is 10.5. The minimum absolute atomic E-state index is 0.359. The first-order valence-electron chi connectivity index (χ1n) is 3.32. The molecule has 0 atom stereocenters. The van der Waals surface area contributed by atoms with E-state index in [1.807, 2.05) is 0 Å². The summed E-state index contributed by atoms with van der Waals surface area (Å²) in [6.45, 7) is 4.12. The summed E-state index contributed by atoms with van der Waals surface area (Å²) in [5.74, 6) is 0. The zero-order chi connectivity index (χ0) is 7.56. The van der Waals surface area contributed by atoms with Gasteiger partial charge in [-0.3, -0.25) is 4.79 Å². The van der Waals surface area contributed by atoms with Crippen molar-refractivity contribution in [2.45, 2.75) is 18.9 Å². The average molecular weight is 160 g/mol. The molecule has 0 radical (unpaired) electrons. The van der Waals surface area contributed by atoms with Gasteiger partial charge in [-0.25, -0.2) is 0 Å². The topological polar surface area (TPSA) is 20.3 Å². The third kappa shape index (κ3) is 1.74. The van der Waals surface area contributed by atoms with Gasteiger partial charge in [-0.2, -0.15) is 0 Å². The largest absolute Gasteiger partial charge is 0.323 e. The molecule has 1 saturated carbocycles. The van der Waals surface area contributed by atoms with Gasteiger partial charge in [-0.05, 0) is 24.4 Å². The highest BCUT2D eigenvalue weighted by Gasteiger charge is 2.30. The first-order chi connectivity index (χ1) is 4.75. The van der Waals surface area contributed by atoms with Gasteiger partial charge in [-0.15, -0.1) is 6.58 Å². The van der Waals surface area contributed by atoms with E-state index in [-0.39, 0.29) is 5.37 Å². The van der Waals surface area contributed by atoms with E-state index in [4.69, 9.17) is 11.6 Å². The fraction of sp³-hybridized carbons (Fsp3) is 0.571. The molecule has 0 heterocycles. The van der Waals surface area contributed by atoms with E-state index in [1.54, 1.807) is 11.0 Å². The second-order valence-electron chi connectivity index (χ2n) is 2.43. The van der Waals surface area contributed by atoms with E-state index in [0.717, 1.165) is 12.8 Å². The molecule has 3 heteroatoms. The number of rotatable bonds is 3. The highest BCUT2D eigenvalue weighted by Crippen LogP contribution is 2.27. The Bertz CT molecular complexity index is 154. The van der Waals surface area contributed by atoms with Crippen molar-refractivity contribution in [3.63, 3.8) is 0 Å². The number of amides is 1. The zero-order valence-electron chi connectivity index (χ0n) is 5.72. The molecule has 0 saturated heterocycles. The summed E-state index contributed by atoms with van der Waals surface area (Å²) in [5.41, 5.74) is 0. The SMILES string of the molecule is C=CCN(C(=O)Cl)C1CC1. The van der Waals surface area contributed by atoms with Crippen LogP contribution in [0.15, 0.2) is 12.7 Å². The normalized spacial score (nSPS) is 16.5. The molecule has 1 aliphatic rings. The molecule has 0 aliphatic heterocycles. The molecule has 10 heavy (non-hydrogen) atoms. The van der Waals surface area contributed by atoms with Crippen molar-refractivity contribution in [2.24, 2.45) is 0 Å². The van der Waals surface area contributed by atoms with Crippen LogP contribution in [0, 0.1) is 0 Å². The maximum absolute atomic E-state index is 10.7. The maximum Gasteiger partial charge on any atom is 0.316 e. The molecule has 0 spiro atoms. The Kier molecular flexibility index (Phi) is 2.33. The highest BCUT2D eigenvalue weighted by atomic mass is 35.5. The summed E-state index contributed by atoms with van der Waals surface area (Å²) in [4.78, 5) is 12.3. The Morgan fingerprint density at radius 2 is 2.40 bits per heavy atom. The summed E-state index contributed by atoms with van der Waals surface area (Å²) in [7, 11) is 0. The van der Waals surface area contributed by atoms with Crippen molar-refractivity contribution in [1.29, 1.82) is 0 Å². The summed E-state index contributed by atoms with van der Waals surface area (Å²) >= 11 is 5.30. The average Bonchev–Trinajstić information content (AvgIpc) is 2.63. The molecule has 0 unspecified atom stereocenters. The van der Waals surface area contributed by atoms with Gasteiger partial charge >= 0.3 is 5.37 Å². The van der Waals surface area contributed by atoms with Gasteiger partial charge in [-0.1, -0.05) is 6.08 Å². The van der Waals surface area contributed by atoms with Gasteiger partial charge in [0.1, 0.15) is 0 Å². The fourth-order valence-electron chi connectivity index (χ4n) is 0.890. The summed E-state index contributed by atoms with van der Waals surface area (Å²) in [5, 5.41) is -0.359. The Labute approximate surface area is 65.5 Å². The first kappa shape index (κ1) is 7.61. The van der Waals surface area contributed by atoms with Crippen LogP contribution in [0.4, 0.5) is 4.79 Å². The highest BCUT2D eigenvalue weighted by molar-refractivity contribution is 6.62. The molecule has 1 amide bonds. The number of nitrogens with zero attached hydrogens (tertiary/aromatic N) is 1. The number of carbonyl (C=O) groups excluding carboxylic acids is 1. The number of carbonyl (C=O) groups is 1. The van der Waals surface area contributed by atoms with Crippen LogP contribution in [0.1, 0.15) is 12.8 Å². The van der Waals surface area contributed by atoms with Gasteiger partial charge in [0.25, 0.3) is 0 Å². The van der Waals surface area contributed by atoms with Crippen molar-refractivity contribution in [3.8, 4) is 0 Å². The van der Waals surface area contributed by atoms with E-state index < -0.39 is 0 Å². The van der Waals surface area contributed by atoms with E-state index in [0.29, 0.717) is 12.6 Å². The van der Waals surface area contributed by atoms with E-state index in [2.05, 4.69) is 6.58 Å². The lowest BCUT2D eigenvalue weighted by molar-refractivity contribution is 0.225. The fourth-order valence-corrected chi connectivity index (χ4v) is 1.10. The summed E-state index contributed by atoms with van der Waals surface area (Å²) in [6.07, 6.45) is 3.87. The molecule has 2 nitrogen and oxygen atoms in total. The van der Waals surface area contributed by atoms with Crippen LogP contribution < -0.4 is 0 Å². The zero-order valence-corrected chi connectivity index (χ0v) is 6.47. The van der Waals surface area contributed by atoms with Crippen LogP contribution in [0.3, 0.4) is 0 Å². The minimum atomic E-state index is -0.359. The summed E-state index contributed by atoms with van der Waals surface area (Å²) < 4.78 is 0. The monoisotopic (exact) mass is 159 g/mol. The Morgan fingerprint density at radius 3 is 2.70 bits per heavy atom.